The molecule has 0 aliphatic carbocycles. The molecule has 21 heavy (non-hydrogen) atoms. The van der Waals surface area contributed by atoms with Crippen LogP contribution in [0.15, 0.2) is 24.3 Å². The lowest BCUT2D eigenvalue weighted by Gasteiger charge is -2.31. The maximum atomic E-state index is 12.2. The summed E-state index contributed by atoms with van der Waals surface area (Å²) in [6, 6.07) is 6.88. The minimum Gasteiger partial charge on any atom is -0.379 e. The molecule has 1 aromatic rings. The van der Waals surface area contributed by atoms with Gasteiger partial charge in [-0.05, 0) is 31.2 Å². The summed E-state index contributed by atoms with van der Waals surface area (Å²) < 4.78 is 5.28. The van der Waals surface area contributed by atoms with Gasteiger partial charge in [-0.15, -0.1) is 0 Å². The molecular formula is C15H21N3O3. The fourth-order valence-electron chi connectivity index (χ4n) is 2.22. The van der Waals surface area contributed by atoms with Gasteiger partial charge < -0.3 is 15.4 Å². The summed E-state index contributed by atoms with van der Waals surface area (Å²) >= 11 is 0. The zero-order valence-corrected chi connectivity index (χ0v) is 12.4. The average molecular weight is 291 g/mol. The summed E-state index contributed by atoms with van der Waals surface area (Å²) in [5, 5.41) is 5.57. The van der Waals surface area contributed by atoms with E-state index in [0.717, 1.165) is 13.1 Å². The second-order valence-corrected chi connectivity index (χ2v) is 5.07. The Morgan fingerprint density at radius 1 is 1.10 bits per heavy atom. The van der Waals surface area contributed by atoms with Crippen LogP contribution in [0.3, 0.4) is 0 Å². The number of carbonyl (C=O) groups is 2. The van der Waals surface area contributed by atoms with Gasteiger partial charge in [-0.1, -0.05) is 0 Å². The van der Waals surface area contributed by atoms with E-state index in [0.29, 0.717) is 24.6 Å². The standard InChI is InChI=1S/C15H21N3O3/c1-11(18-7-9-21-10-8-18)15(20)17-14-5-3-13(4-6-14)16-12(2)19/h3-6,11H,7-10H2,1-2H3,(H,16,19)(H,17,20)/t11-/m0/s1. The van der Waals surface area contributed by atoms with Gasteiger partial charge in [0.15, 0.2) is 0 Å². The molecule has 1 fully saturated rings. The van der Waals surface area contributed by atoms with Gasteiger partial charge in [0.05, 0.1) is 19.3 Å². The van der Waals surface area contributed by atoms with Crippen LogP contribution in [0.1, 0.15) is 13.8 Å². The number of amides is 2. The zero-order valence-electron chi connectivity index (χ0n) is 12.4. The molecule has 2 N–H and O–H groups in total. The van der Waals surface area contributed by atoms with E-state index in [1.165, 1.54) is 6.92 Å². The van der Waals surface area contributed by atoms with E-state index < -0.39 is 0 Å². The molecule has 2 amide bonds. The summed E-state index contributed by atoms with van der Waals surface area (Å²) in [6.07, 6.45) is 0. The summed E-state index contributed by atoms with van der Waals surface area (Å²) in [5.74, 6) is -0.156. The second-order valence-electron chi connectivity index (χ2n) is 5.07. The molecular weight excluding hydrogens is 270 g/mol. The predicted octanol–water partition coefficient (Wildman–Crippen LogP) is 1.30. The number of carbonyl (C=O) groups excluding carboxylic acids is 2. The van der Waals surface area contributed by atoms with Crippen LogP contribution < -0.4 is 10.6 Å². The second kappa shape index (κ2) is 7.19. The molecule has 6 heteroatoms. The van der Waals surface area contributed by atoms with Crippen molar-refractivity contribution in [1.82, 2.24) is 4.90 Å². The van der Waals surface area contributed by atoms with E-state index >= 15 is 0 Å². The first kappa shape index (κ1) is 15.5. The van der Waals surface area contributed by atoms with Gasteiger partial charge in [0.1, 0.15) is 0 Å². The Hall–Kier alpha value is -1.92. The molecule has 0 radical (unpaired) electrons. The van der Waals surface area contributed by atoms with Gasteiger partial charge in [-0.2, -0.15) is 0 Å². The quantitative estimate of drug-likeness (QED) is 0.877. The number of morpholine rings is 1. The fraction of sp³-hybridized carbons (Fsp3) is 0.467. The van der Waals surface area contributed by atoms with Crippen molar-refractivity contribution in [2.75, 3.05) is 36.9 Å². The third kappa shape index (κ3) is 4.54. The predicted molar refractivity (Wildman–Crippen MR) is 81.2 cm³/mol. The average Bonchev–Trinajstić information content (AvgIpc) is 2.49. The van der Waals surface area contributed by atoms with Crippen LogP contribution in [0, 0.1) is 0 Å². The summed E-state index contributed by atoms with van der Waals surface area (Å²) in [6.45, 7) is 6.24. The number of nitrogens with one attached hydrogen (secondary N) is 2. The van der Waals surface area contributed by atoms with Crippen LogP contribution in [-0.4, -0.2) is 49.1 Å². The summed E-state index contributed by atoms with van der Waals surface area (Å²) in [4.78, 5) is 25.3. The highest BCUT2D eigenvalue weighted by Crippen LogP contribution is 2.14. The van der Waals surface area contributed by atoms with E-state index in [-0.39, 0.29) is 17.9 Å². The van der Waals surface area contributed by atoms with Gasteiger partial charge >= 0.3 is 0 Å². The number of hydrogen-bond donors (Lipinski definition) is 2. The number of hydrogen-bond acceptors (Lipinski definition) is 4. The maximum Gasteiger partial charge on any atom is 0.241 e. The van der Waals surface area contributed by atoms with Crippen molar-refractivity contribution in [3.63, 3.8) is 0 Å². The van der Waals surface area contributed by atoms with Gasteiger partial charge in [0.25, 0.3) is 0 Å². The van der Waals surface area contributed by atoms with Crippen LogP contribution in [0.25, 0.3) is 0 Å². The Bertz CT molecular complexity index is 495. The highest BCUT2D eigenvalue weighted by molar-refractivity contribution is 5.95. The Balaban J connectivity index is 1.90. The highest BCUT2D eigenvalue weighted by Gasteiger charge is 2.23. The fourth-order valence-corrected chi connectivity index (χ4v) is 2.22. The van der Waals surface area contributed by atoms with E-state index in [4.69, 9.17) is 4.74 Å². The Morgan fingerprint density at radius 2 is 1.62 bits per heavy atom. The van der Waals surface area contributed by atoms with Crippen LogP contribution in [0.2, 0.25) is 0 Å². The smallest absolute Gasteiger partial charge is 0.241 e. The van der Waals surface area contributed by atoms with Crippen LogP contribution in [-0.2, 0) is 14.3 Å². The van der Waals surface area contributed by atoms with Crippen molar-refractivity contribution in [3.05, 3.63) is 24.3 Å². The third-order valence-electron chi connectivity index (χ3n) is 3.45. The molecule has 1 atom stereocenters. The molecule has 0 spiro atoms. The molecule has 2 rings (SSSR count). The minimum atomic E-state index is -0.191. The number of benzene rings is 1. The van der Waals surface area contributed by atoms with Crippen molar-refractivity contribution in [1.29, 1.82) is 0 Å². The zero-order chi connectivity index (χ0) is 15.2. The summed E-state index contributed by atoms with van der Waals surface area (Å²) in [7, 11) is 0. The van der Waals surface area contributed by atoms with Gasteiger partial charge in [0, 0.05) is 31.4 Å². The normalized spacial score (nSPS) is 17.0. The minimum absolute atomic E-state index is 0.0378. The largest absolute Gasteiger partial charge is 0.379 e. The lowest BCUT2D eigenvalue weighted by atomic mass is 10.2. The van der Waals surface area contributed by atoms with Crippen LogP contribution in [0.4, 0.5) is 11.4 Å². The first-order valence-corrected chi connectivity index (χ1v) is 7.06. The van der Waals surface area contributed by atoms with Crippen molar-refractivity contribution < 1.29 is 14.3 Å². The van der Waals surface area contributed by atoms with E-state index in [9.17, 15) is 9.59 Å². The molecule has 114 valence electrons. The van der Waals surface area contributed by atoms with Crippen molar-refractivity contribution in [2.24, 2.45) is 0 Å². The topological polar surface area (TPSA) is 70.7 Å². The molecule has 0 saturated carbocycles. The van der Waals surface area contributed by atoms with E-state index in [1.54, 1.807) is 24.3 Å². The summed E-state index contributed by atoms with van der Waals surface area (Å²) in [5.41, 5.74) is 1.43. The van der Waals surface area contributed by atoms with Crippen molar-refractivity contribution in [3.8, 4) is 0 Å². The van der Waals surface area contributed by atoms with Crippen molar-refractivity contribution in [2.45, 2.75) is 19.9 Å². The Kier molecular flexibility index (Phi) is 5.30. The molecule has 6 nitrogen and oxygen atoms in total. The van der Waals surface area contributed by atoms with E-state index in [1.807, 2.05) is 6.92 Å². The first-order chi connectivity index (χ1) is 10.1. The molecule has 1 aliphatic heterocycles. The first-order valence-electron chi connectivity index (χ1n) is 7.06. The Morgan fingerprint density at radius 3 is 2.14 bits per heavy atom. The maximum absolute atomic E-state index is 12.2. The molecule has 0 bridgehead atoms. The molecule has 1 aliphatic rings. The molecule has 1 saturated heterocycles. The highest BCUT2D eigenvalue weighted by atomic mass is 16.5. The van der Waals surface area contributed by atoms with E-state index in [2.05, 4.69) is 15.5 Å². The third-order valence-corrected chi connectivity index (χ3v) is 3.45. The number of nitrogens with zero attached hydrogens (tertiary/aromatic N) is 1. The SMILES string of the molecule is CC(=O)Nc1ccc(NC(=O)[C@H](C)N2CCOCC2)cc1. The Labute approximate surface area is 124 Å². The van der Waals surface area contributed by atoms with Gasteiger partial charge in [-0.25, -0.2) is 0 Å². The molecule has 1 heterocycles. The lowest BCUT2D eigenvalue weighted by Crippen LogP contribution is -2.47. The lowest BCUT2D eigenvalue weighted by molar-refractivity contribution is -0.122. The van der Waals surface area contributed by atoms with Crippen LogP contribution in [0.5, 0.6) is 0 Å². The number of ether oxygens (including phenoxy) is 1. The number of anilines is 2. The van der Waals surface area contributed by atoms with Crippen LogP contribution >= 0.6 is 0 Å². The number of rotatable bonds is 4. The van der Waals surface area contributed by atoms with Gasteiger partial charge in [0.2, 0.25) is 11.8 Å². The molecule has 0 aromatic heterocycles. The monoisotopic (exact) mass is 291 g/mol. The van der Waals surface area contributed by atoms with Crippen molar-refractivity contribution >= 4 is 23.2 Å². The molecule has 1 aromatic carbocycles. The van der Waals surface area contributed by atoms with Gasteiger partial charge in [-0.3, -0.25) is 14.5 Å². The molecule has 0 unspecified atom stereocenters.